The second-order valence-electron chi connectivity index (χ2n) is 9.95. The first kappa shape index (κ1) is 32.5. The zero-order chi connectivity index (χ0) is 32.6. The highest BCUT2D eigenvalue weighted by Gasteiger charge is 2.28. The van der Waals surface area contributed by atoms with E-state index in [9.17, 15) is 23.3 Å². The van der Waals surface area contributed by atoms with Gasteiger partial charge < -0.3 is 14.2 Å². The summed E-state index contributed by atoms with van der Waals surface area (Å²) in [5.74, 6) is 0.512. The van der Waals surface area contributed by atoms with Gasteiger partial charge in [-0.1, -0.05) is 6.07 Å². The standard InChI is InChI=1S/C32H32N4O8S/c1-22-15-23(2)17-27(16-22)35(45(40,41)29-13-14-30(42-3)31(18-29)43-4)20-32(37)34-33-19-24-7-11-28(12-8-24)44-21-25-5-9-26(10-6-25)36(38)39/h5-19H,20-21H2,1-4H3,(H,34,37)/b33-19-. The molecular formula is C32H32N4O8S. The van der Waals surface area contributed by atoms with E-state index >= 15 is 0 Å². The summed E-state index contributed by atoms with van der Waals surface area (Å²) < 4.78 is 45.0. The summed E-state index contributed by atoms with van der Waals surface area (Å²) in [5.41, 5.74) is 5.82. The molecule has 0 unspecified atom stereocenters. The second kappa shape index (κ2) is 14.4. The molecule has 0 saturated carbocycles. The maximum atomic E-state index is 13.8. The number of benzene rings is 4. The molecular weight excluding hydrogens is 600 g/mol. The second-order valence-corrected chi connectivity index (χ2v) is 11.8. The van der Waals surface area contributed by atoms with Crippen molar-refractivity contribution >= 4 is 33.5 Å². The third-order valence-electron chi connectivity index (χ3n) is 6.56. The average Bonchev–Trinajstić information content (AvgIpc) is 3.02. The maximum Gasteiger partial charge on any atom is 0.269 e. The highest BCUT2D eigenvalue weighted by molar-refractivity contribution is 7.92. The normalized spacial score (nSPS) is 11.2. The van der Waals surface area contributed by atoms with Gasteiger partial charge in [-0.25, -0.2) is 13.8 Å². The number of amides is 1. The lowest BCUT2D eigenvalue weighted by Gasteiger charge is -2.25. The smallest absolute Gasteiger partial charge is 0.269 e. The first-order chi connectivity index (χ1) is 21.5. The van der Waals surface area contributed by atoms with Crippen molar-refractivity contribution in [3.63, 3.8) is 0 Å². The van der Waals surface area contributed by atoms with Crippen molar-refractivity contribution in [3.8, 4) is 17.2 Å². The minimum absolute atomic E-state index is 0.00646. The summed E-state index contributed by atoms with van der Waals surface area (Å²) >= 11 is 0. The average molecular weight is 633 g/mol. The lowest BCUT2D eigenvalue weighted by atomic mass is 10.1. The molecule has 0 spiro atoms. The molecule has 4 aromatic rings. The molecule has 13 heteroatoms. The Kier molecular flexibility index (Phi) is 10.4. The van der Waals surface area contributed by atoms with Crippen molar-refractivity contribution < 1.29 is 32.3 Å². The molecule has 0 aliphatic heterocycles. The lowest BCUT2D eigenvalue weighted by Crippen LogP contribution is -2.39. The van der Waals surface area contributed by atoms with Crippen LogP contribution in [-0.4, -0.2) is 46.2 Å². The first-order valence-electron chi connectivity index (χ1n) is 13.6. The number of anilines is 1. The number of carbonyl (C=O) groups is 1. The van der Waals surface area contributed by atoms with Crippen molar-refractivity contribution in [1.29, 1.82) is 0 Å². The zero-order valence-corrected chi connectivity index (χ0v) is 25.9. The van der Waals surface area contributed by atoms with Gasteiger partial charge in [0.05, 0.1) is 35.9 Å². The molecule has 0 aliphatic carbocycles. The van der Waals surface area contributed by atoms with E-state index in [1.807, 2.05) is 19.9 Å². The zero-order valence-electron chi connectivity index (χ0n) is 25.1. The molecule has 0 aromatic heterocycles. The van der Waals surface area contributed by atoms with E-state index in [0.29, 0.717) is 22.7 Å². The molecule has 4 rings (SSSR count). The summed E-state index contributed by atoms with van der Waals surface area (Å²) in [7, 11) is -1.36. The molecule has 0 saturated heterocycles. The van der Waals surface area contributed by atoms with Gasteiger partial charge in [0.1, 0.15) is 18.9 Å². The number of hydrazone groups is 1. The van der Waals surface area contributed by atoms with Gasteiger partial charge in [-0.3, -0.25) is 19.2 Å². The van der Waals surface area contributed by atoms with E-state index < -0.39 is 27.4 Å². The molecule has 12 nitrogen and oxygen atoms in total. The number of non-ortho nitro benzene ring substituents is 1. The number of ether oxygens (including phenoxy) is 3. The van der Waals surface area contributed by atoms with E-state index in [1.54, 1.807) is 48.5 Å². The number of methoxy groups -OCH3 is 2. The summed E-state index contributed by atoms with van der Waals surface area (Å²) in [6.07, 6.45) is 1.42. The predicted octanol–water partition coefficient (Wildman–Crippen LogP) is 5.15. The van der Waals surface area contributed by atoms with Crippen LogP contribution in [0.15, 0.2) is 94.9 Å². The van der Waals surface area contributed by atoms with Crippen molar-refractivity contribution in [2.75, 3.05) is 25.1 Å². The van der Waals surface area contributed by atoms with Crippen LogP contribution in [0, 0.1) is 24.0 Å². The van der Waals surface area contributed by atoms with Gasteiger partial charge in [0.15, 0.2) is 11.5 Å². The van der Waals surface area contributed by atoms with Crippen LogP contribution in [0.5, 0.6) is 17.2 Å². The van der Waals surface area contributed by atoms with Gasteiger partial charge in [0.2, 0.25) is 0 Å². The van der Waals surface area contributed by atoms with Gasteiger partial charge in [-0.05, 0) is 96.8 Å². The fourth-order valence-corrected chi connectivity index (χ4v) is 5.81. The van der Waals surface area contributed by atoms with Gasteiger partial charge in [-0.2, -0.15) is 5.10 Å². The van der Waals surface area contributed by atoms with E-state index in [2.05, 4.69) is 10.5 Å². The molecule has 0 fully saturated rings. The fourth-order valence-electron chi connectivity index (χ4n) is 4.39. The third-order valence-corrected chi connectivity index (χ3v) is 8.33. The molecule has 0 bridgehead atoms. The number of nitro benzene ring substituents is 1. The number of aryl methyl sites for hydroxylation is 2. The Morgan fingerprint density at radius 1 is 0.911 bits per heavy atom. The Morgan fingerprint density at radius 2 is 1.56 bits per heavy atom. The minimum Gasteiger partial charge on any atom is -0.493 e. The number of hydrogen-bond donors (Lipinski definition) is 1. The molecule has 0 radical (unpaired) electrons. The quantitative estimate of drug-likeness (QED) is 0.121. The van der Waals surface area contributed by atoms with Crippen LogP contribution in [0.25, 0.3) is 0 Å². The van der Waals surface area contributed by atoms with E-state index in [4.69, 9.17) is 14.2 Å². The van der Waals surface area contributed by atoms with Gasteiger partial charge in [-0.15, -0.1) is 0 Å². The molecule has 0 aliphatic rings. The molecule has 0 atom stereocenters. The number of nitrogens with zero attached hydrogens (tertiary/aromatic N) is 3. The van der Waals surface area contributed by atoms with Gasteiger partial charge in [0.25, 0.3) is 21.6 Å². The van der Waals surface area contributed by atoms with Crippen molar-refractivity contribution in [3.05, 3.63) is 117 Å². The van der Waals surface area contributed by atoms with Crippen LogP contribution in [0.1, 0.15) is 22.3 Å². The Morgan fingerprint density at radius 3 is 2.16 bits per heavy atom. The first-order valence-corrected chi connectivity index (χ1v) is 15.1. The summed E-state index contributed by atoms with van der Waals surface area (Å²) in [6.45, 7) is 3.37. The topological polar surface area (TPSA) is 150 Å². The predicted molar refractivity (Wildman–Crippen MR) is 170 cm³/mol. The maximum absolute atomic E-state index is 13.8. The lowest BCUT2D eigenvalue weighted by molar-refractivity contribution is -0.384. The summed E-state index contributed by atoms with van der Waals surface area (Å²) in [4.78, 5) is 23.3. The monoisotopic (exact) mass is 632 g/mol. The van der Waals surface area contributed by atoms with Crippen LogP contribution < -0.4 is 23.9 Å². The number of rotatable bonds is 13. The van der Waals surface area contributed by atoms with Crippen LogP contribution >= 0.6 is 0 Å². The van der Waals surface area contributed by atoms with Crippen LogP contribution in [0.4, 0.5) is 11.4 Å². The number of nitro groups is 1. The van der Waals surface area contributed by atoms with Gasteiger partial charge in [0, 0.05) is 18.2 Å². The highest BCUT2D eigenvalue weighted by atomic mass is 32.2. The Bertz CT molecular complexity index is 1790. The molecule has 4 aromatic carbocycles. The SMILES string of the molecule is COc1ccc(S(=O)(=O)N(CC(=O)N/N=C\c2ccc(OCc3ccc([N+](=O)[O-])cc3)cc2)c2cc(C)cc(C)c2)cc1OC. The van der Waals surface area contributed by atoms with Crippen molar-refractivity contribution in [2.24, 2.45) is 5.10 Å². The molecule has 1 N–H and O–H groups in total. The number of sulfonamides is 1. The third kappa shape index (κ3) is 8.36. The van der Waals surface area contributed by atoms with E-state index in [1.165, 1.54) is 50.8 Å². The Labute approximate surface area is 261 Å². The number of hydrogen-bond acceptors (Lipinski definition) is 9. The van der Waals surface area contributed by atoms with Gasteiger partial charge >= 0.3 is 0 Å². The largest absolute Gasteiger partial charge is 0.493 e. The summed E-state index contributed by atoms with van der Waals surface area (Å²) in [5, 5.41) is 14.8. The number of carbonyl (C=O) groups excluding carboxylic acids is 1. The molecule has 45 heavy (non-hydrogen) atoms. The van der Waals surface area contributed by atoms with Crippen LogP contribution in [0.3, 0.4) is 0 Å². The molecule has 0 heterocycles. The molecule has 234 valence electrons. The highest BCUT2D eigenvalue weighted by Crippen LogP contribution is 2.32. The number of nitrogens with one attached hydrogen (secondary N) is 1. The summed E-state index contributed by atoms with van der Waals surface area (Å²) in [6, 6.07) is 22.5. The van der Waals surface area contributed by atoms with Crippen LogP contribution in [-0.2, 0) is 21.4 Å². The molecule has 1 amide bonds. The van der Waals surface area contributed by atoms with E-state index in [-0.39, 0.29) is 22.9 Å². The Hall–Kier alpha value is -5.43. The Balaban J connectivity index is 1.44. The fraction of sp³-hybridized carbons (Fsp3) is 0.188. The van der Waals surface area contributed by atoms with Crippen LogP contribution in [0.2, 0.25) is 0 Å². The van der Waals surface area contributed by atoms with Crippen molar-refractivity contribution in [2.45, 2.75) is 25.3 Å². The minimum atomic E-state index is -4.21. The van der Waals surface area contributed by atoms with E-state index in [0.717, 1.165) is 21.0 Å². The van der Waals surface area contributed by atoms with Crippen molar-refractivity contribution in [1.82, 2.24) is 5.43 Å².